The van der Waals surface area contributed by atoms with E-state index in [0.717, 1.165) is 17.7 Å². The van der Waals surface area contributed by atoms with E-state index in [9.17, 15) is 18.0 Å². The number of anilines is 1. The lowest BCUT2D eigenvalue weighted by Crippen LogP contribution is -2.14. The molecule has 0 aliphatic heterocycles. The number of nitrogens with zero attached hydrogens (tertiary/aromatic N) is 2. The Bertz CT molecular complexity index is 1030. The zero-order chi connectivity index (χ0) is 21.9. The highest BCUT2D eigenvalue weighted by Crippen LogP contribution is 2.36. The summed E-state index contributed by atoms with van der Waals surface area (Å²) in [6.45, 7) is 4.20. The quantitative estimate of drug-likeness (QED) is 0.505. The summed E-state index contributed by atoms with van der Waals surface area (Å²) in [6, 6.07) is 11.0. The van der Waals surface area contributed by atoms with Gasteiger partial charge in [0, 0.05) is 24.1 Å². The molecule has 0 bridgehead atoms. The molecule has 3 aromatic rings. The predicted molar refractivity (Wildman–Crippen MR) is 107 cm³/mol. The van der Waals surface area contributed by atoms with Gasteiger partial charge in [-0.1, -0.05) is 54.9 Å². The van der Waals surface area contributed by atoms with Crippen molar-refractivity contribution in [2.24, 2.45) is 0 Å². The molecule has 2 aromatic carbocycles. The lowest BCUT2D eigenvalue weighted by atomic mass is 10.0. The number of rotatable bonds is 6. The van der Waals surface area contributed by atoms with Crippen LogP contribution in [0.4, 0.5) is 18.9 Å². The molecule has 9 heteroatoms. The topological polar surface area (TPSA) is 68.0 Å². The molecule has 1 heterocycles. The number of nitrogens with one attached hydrogen (secondary N) is 1. The third-order valence-electron chi connectivity index (χ3n) is 4.43. The van der Waals surface area contributed by atoms with Gasteiger partial charge in [-0.3, -0.25) is 4.79 Å². The van der Waals surface area contributed by atoms with Crippen molar-refractivity contribution in [1.82, 2.24) is 10.1 Å². The summed E-state index contributed by atoms with van der Waals surface area (Å²) in [5.41, 5.74) is 0.981. The fourth-order valence-electron chi connectivity index (χ4n) is 2.75. The average Bonchev–Trinajstić information content (AvgIpc) is 3.16. The largest absolute Gasteiger partial charge is 0.417 e. The monoisotopic (exact) mass is 437 g/mol. The van der Waals surface area contributed by atoms with E-state index in [4.69, 9.17) is 16.1 Å². The van der Waals surface area contributed by atoms with E-state index >= 15 is 0 Å². The van der Waals surface area contributed by atoms with Gasteiger partial charge in [-0.15, -0.1) is 0 Å². The summed E-state index contributed by atoms with van der Waals surface area (Å²) in [6.07, 6.45) is -4.48. The predicted octanol–water partition coefficient (Wildman–Crippen LogP) is 6.10. The molecule has 0 atom stereocenters. The van der Waals surface area contributed by atoms with Gasteiger partial charge in [-0.25, -0.2) is 0 Å². The molecule has 1 N–H and O–H groups in total. The first-order chi connectivity index (χ1) is 14.1. The number of carbonyl (C=O) groups excluding carboxylic acids is 1. The van der Waals surface area contributed by atoms with Crippen molar-refractivity contribution < 1.29 is 22.5 Å². The molecule has 1 amide bonds. The highest BCUT2D eigenvalue weighted by atomic mass is 35.5. The van der Waals surface area contributed by atoms with Crippen LogP contribution in [0.1, 0.15) is 43.2 Å². The van der Waals surface area contributed by atoms with Crippen molar-refractivity contribution in [1.29, 1.82) is 0 Å². The Kier molecular flexibility index (Phi) is 6.45. The molecule has 158 valence electrons. The Morgan fingerprint density at radius 3 is 2.50 bits per heavy atom. The SMILES string of the molecule is CC(C)c1ccc(-c2noc(CCC(=O)Nc3ccc(Cl)c(C(F)(F)F)c3)n2)cc1. The summed E-state index contributed by atoms with van der Waals surface area (Å²) >= 11 is 5.58. The third kappa shape index (κ3) is 5.38. The first-order valence-electron chi connectivity index (χ1n) is 9.23. The normalized spacial score (nSPS) is 11.7. The van der Waals surface area contributed by atoms with Gasteiger partial charge in [0.2, 0.25) is 17.6 Å². The van der Waals surface area contributed by atoms with E-state index in [1.165, 1.54) is 11.6 Å². The number of aryl methyl sites for hydroxylation is 1. The highest BCUT2D eigenvalue weighted by Gasteiger charge is 2.33. The Hall–Kier alpha value is -2.87. The van der Waals surface area contributed by atoms with Gasteiger partial charge in [-0.05, 0) is 29.7 Å². The smallest absolute Gasteiger partial charge is 0.339 e. The van der Waals surface area contributed by atoms with E-state index in [-0.39, 0.29) is 24.4 Å². The minimum atomic E-state index is -4.61. The van der Waals surface area contributed by atoms with E-state index in [1.807, 2.05) is 24.3 Å². The van der Waals surface area contributed by atoms with Crippen LogP contribution in [0.15, 0.2) is 47.0 Å². The maximum absolute atomic E-state index is 12.9. The maximum atomic E-state index is 12.9. The summed E-state index contributed by atoms with van der Waals surface area (Å²) in [4.78, 5) is 16.4. The molecule has 0 fully saturated rings. The minimum Gasteiger partial charge on any atom is -0.339 e. The van der Waals surface area contributed by atoms with Gasteiger partial charge in [-0.2, -0.15) is 18.2 Å². The van der Waals surface area contributed by atoms with Gasteiger partial charge < -0.3 is 9.84 Å². The van der Waals surface area contributed by atoms with Crippen LogP contribution in [-0.2, 0) is 17.4 Å². The van der Waals surface area contributed by atoms with Crippen LogP contribution in [0, 0.1) is 0 Å². The molecule has 0 aliphatic carbocycles. The Morgan fingerprint density at radius 1 is 1.17 bits per heavy atom. The van der Waals surface area contributed by atoms with Gasteiger partial charge in [0.15, 0.2) is 0 Å². The average molecular weight is 438 g/mol. The van der Waals surface area contributed by atoms with Gasteiger partial charge in [0.25, 0.3) is 0 Å². The standard InChI is InChI=1S/C21H19ClF3N3O2/c1-12(2)13-3-5-14(6-4-13)20-27-19(30-28-20)10-9-18(29)26-15-7-8-17(22)16(11-15)21(23,24)25/h3-8,11-12H,9-10H2,1-2H3,(H,26,29). The van der Waals surface area contributed by atoms with Gasteiger partial charge >= 0.3 is 6.18 Å². The zero-order valence-corrected chi connectivity index (χ0v) is 17.0. The van der Waals surface area contributed by atoms with Crippen LogP contribution in [0.2, 0.25) is 5.02 Å². The molecule has 5 nitrogen and oxygen atoms in total. The summed E-state index contributed by atoms with van der Waals surface area (Å²) < 4.78 is 43.9. The summed E-state index contributed by atoms with van der Waals surface area (Å²) in [5.74, 6) is 0.603. The molecule has 0 saturated carbocycles. The number of halogens is 4. The van der Waals surface area contributed by atoms with Gasteiger partial charge in [0.05, 0.1) is 10.6 Å². The van der Waals surface area contributed by atoms with Crippen LogP contribution >= 0.6 is 11.6 Å². The van der Waals surface area contributed by atoms with Crippen molar-refractivity contribution in [3.8, 4) is 11.4 Å². The zero-order valence-electron chi connectivity index (χ0n) is 16.3. The molecule has 0 unspecified atom stereocenters. The fraction of sp³-hybridized carbons (Fsp3) is 0.286. The molecular weight excluding hydrogens is 419 g/mol. The molecule has 3 rings (SSSR count). The van der Waals surface area contributed by atoms with E-state index < -0.39 is 22.7 Å². The van der Waals surface area contributed by atoms with Crippen molar-refractivity contribution in [3.63, 3.8) is 0 Å². The number of aromatic nitrogens is 2. The number of carbonyl (C=O) groups is 1. The second-order valence-corrected chi connectivity index (χ2v) is 7.44. The second kappa shape index (κ2) is 8.87. The first-order valence-corrected chi connectivity index (χ1v) is 9.61. The Balaban J connectivity index is 1.59. The lowest BCUT2D eigenvalue weighted by molar-refractivity contribution is -0.137. The fourth-order valence-corrected chi connectivity index (χ4v) is 2.98. The van der Waals surface area contributed by atoms with Crippen LogP contribution < -0.4 is 5.32 Å². The number of amides is 1. The molecule has 0 saturated heterocycles. The Morgan fingerprint density at radius 2 is 1.87 bits per heavy atom. The number of alkyl halides is 3. The lowest BCUT2D eigenvalue weighted by Gasteiger charge is -2.11. The molecule has 0 radical (unpaired) electrons. The number of hydrogen-bond acceptors (Lipinski definition) is 4. The van der Waals surface area contributed by atoms with Crippen LogP contribution in [-0.4, -0.2) is 16.0 Å². The van der Waals surface area contributed by atoms with Crippen LogP contribution in [0.3, 0.4) is 0 Å². The van der Waals surface area contributed by atoms with Crippen molar-refractivity contribution >= 4 is 23.2 Å². The maximum Gasteiger partial charge on any atom is 0.417 e. The summed E-state index contributed by atoms with van der Waals surface area (Å²) in [5, 5.41) is 5.90. The minimum absolute atomic E-state index is 0.00758. The van der Waals surface area contributed by atoms with Crippen molar-refractivity contribution in [2.45, 2.75) is 38.8 Å². The summed E-state index contributed by atoms with van der Waals surface area (Å²) in [7, 11) is 0. The van der Waals surface area contributed by atoms with Crippen LogP contribution in [0.25, 0.3) is 11.4 Å². The first kappa shape index (κ1) is 21.8. The van der Waals surface area contributed by atoms with E-state index in [1.54, 1.807) is 0 Å². The van der Waals surface area contributed by atoms with Crippen molar-refractivity contribution in [2.75, 3.05) is 5.32 Å². The molecule has 0 spiro atoms. The third-order valence-corrected chi connectivity index (χ3v) is 4.75. The number of benzene rings is 2. The van der Waals surface area contributed by atoms with Crippen LogP contribution in [0.5, 0.6) is 0 Å². The van der Waals surface area contributed by atoms with E-state index in [0.29, 0.717) is 11.7 Å². The molecule has 0 aliphatic rings. The molecular formula is C21H19ClF3N3O2. The molecule has 30 heavy (non-hydrogen) atoms. The van der Waals surface area contributed by atoms with Crippen molar-refractivity contribution in [3.05, 3.63) is 64.5 Å². The number of hydrogen-bond donors (Lipinski definition) is 1. The second-order valence-electron chi connectivity index (χ2n) is 7.03. The van der Waals surface area contributed by atoms with E-state index in [2.05, 4.69) is 29.3 Å². The van der Waals surface area contributed by atoms with Gasteiger partial charge in [0.1, 0.15) is 0 Å². The Labute approximate surface area is 176 Å². The highest BCUT2D eigenvalue weighted by molar-refractivity contribution is 6.31. The molecule has 1 aromatic heterocycles.